The average molecular weight is 381 g/mol. The summed E-state index contributed by atoms with van der Waals surface area (Å²) in [7, 11) is 3.33. The molecule has 7 heteroatoms. The standard InChI is InChI=1S/C18H18Cl2N2O3/c1-11(25-16-8-7-13(19)10-15(16)20)17(23)21-14-6-4-5-12(9-14)18(24)22(2)3/h4-11H,1-3H3,(H,21,23). The summed E-state index contributed by atoms with van der Waals surface area (Å²) in [6, 6.07) is 11.5. The van der Waals surface area contributed by atoms with E-state index in [4.69, 9.17) is 27.9 Å². The molecule has 132 valence electrons. The van der Waals surface area contributed by atoms with Gasteiger partial charge in [0.05, 0.1) is 5.02 Å². The Balaban J connectivity index is 2.06. The van der Waals surface area contributed by atoms with Crippen molar-refractivity contribution in [3.63, 3.8) is 0 Å². The Bertz CT molecular complexity index is 794. The zero-order valence-electron chi connectivity index (χ0n) is 14.0. The number of anilines is 1. The second-order valence-corrected chi connectivity index (χ2v) is 6.45. The maximum absolute atomic E-state index is 12.3. The van der Waals surface area contributed by atoms with E-state index in [1.54, 1.807) is 63.5 Å². The Morgan fingerprint density at radius 1 is 1.12 bits per heavy atom. The van der Waals surface area contributed by atoms with Crippen molar-refractivity contribution >= 4 is 40.7 Å². The van der Waals surface area contributed by atoms with Gasteiger partial charge in [-0.05, 0) is 43.3 Å². The molecular weight excluding hydrogens is 363 g/mol. The molecule has 1 N–H and O–H groups in total. The van der Waals surface area contributed by atoms with E-state index in [1.807, 2.05) is 0 Å². The number of nitrogens with one attached hydrogen (secondary N) is 1. The first kappa shape index (κ1) is 19.1. The van der Waals surface area contributed by atoms with E-state index in [1.165, 1.54) is 4.90 Å². The van der Waals surface area contributed by atoms with Gasteiger partial charge in [0.15, 0.2) is 6.10 Å². The fraction of sp³-hybridized carbons (Fsp3) is 0.222. The molecule has 25 heavy (non-hydrogen) atoms. The van der Waals surface area contributed by atoms with Gasteiger partial charge >= 0.3 is 0 Å². The molecular formula is C18H18Cl2N2O3. The number of rotatable bonds is 5. The van der Waals surface area contributed by atoms with Gasteiger partial charge in [-0.15, -0.1) is 0 Å². The van der Waals surface area contributed by atoms with Crippen LogP contribution in [0.1, 0.15) is 17.3 Å². The highest BCUT2D eigenvalue weighted by Gasteiger charge is 2.17. The van der Waals surface area contributed by atoms with Crippen LogP contribution in [0.4, 0.5) is 5.69 Å². The normalized spacial score (nSPS) is 11.6. The van der Waals surface area contributed by atoms with Crippen molar-refractivity contribution in [2.45, 2.75) is 13.0 Å². The predicted octanol–water partition coefficient (Wildman–Crippen LogP) is 4.10. The molecule has 2 aromatic rings. The molecule has 5 nitrogen and oxygen atoms in total. The number of hydrogen-bond acceptors (Lipinski definition) is 3. The van der Waals surface area contributed by atoms with Gasteiger partial charge in [-0.3, -0.25) is 9.59 Å². The lowest BCUT2D eigenvalue weighted by atomic mass is 10.1. The van der Waals surface area contributed by atoms with Gasteiger partial charge in [0.1, 0.15) is 5.75 Å². The molecule has 2 amide bonds. The number of amides is 2. The predicted molar refractivity (Wildman–Crippen MR) is 99.6 cm³/mol. The van der Waals surface area contributed by atoms with Crippen molar-refractivity contribution < 1.29 is 14.3 Å². The van der Waals surface area contributed by atoms with Gasteiger partial charge in [-0.2, -0.15) is 0 Å². The minimum atomic E-state index is -0.785. The number of ether oxygens (including phenoxy) is 1. The molecule has 0 heterocycles. The van der Waals surface area contributed by atoms with E-state index in [-0.39, 0.29) is 11.8 Å². The van der Waals surface area contributed by atoms with Gasteiger partial charge in [0.2, 0.25) is 0 Å². The van der Waals surface area contributed by atoms with Crippen molar-refractivity contribution in [1.82, 2.24) is 4.90 Å². The minimum Gasteiger partial charge on any atom is -0.479 e. The van der Waals surface area contributed by atoms with Crippen molar-refractivity contribution in [1.29, 1.82) is 0 Å². The molecule has 0 saturated heterocycles. The molecule has 1 unspecified atom stereocenters. The van der Waals surface area contributed by atoms with Crippen LogP contribution in [0.3, 0.4) is 0 Å². The van der Waals surface area contributed by atoms with Gasteiger partial charge in [0.25, 0.3) is 11.8 Å². The van der Waals surface area contributed by atoms with Gasteiger partial charge in [0, 0.05) is 30.4 Å². The Kier molecular flexibility index (Phi) is 6.28. The van der Waals surface area contributed by atoms with Crippen LogP contribution in [0, 0.1) is 0 Å². The number of carbonyl (C=O) groups is 2. The second kappa shape index (κ2) is 8.23. The number of benzene rings is 2. The fourth-order valence-electron chi connectivity index (χ4n) is 2.05. The number of carbonyl (C=O) groups excluding carboxylic acids is 2. The first-order valence-corrected chi connectivity index (χ1v) is 8.28. The summed E-state index contributed by atoms with van der Waals surface area (Å²) < 4.78 is 5.57. The highest BCUT2D eigenvalue weighted by atomic mass is 35.5. The first-order chi connectivity index (χ1) is 11.8. The van der Waals surface area contributed by atoms with Crippen LogP contribution in [0.25, 0.3) is 0 Å². The third kappa shape index (κ3) is 5.11. The largest absolute Gasteiger partial charge is 0.479 e. The number of halogens is 2. The molecule has 0 aromatic heterocycles. The molecule has 0 fully saturated rings. The van der Waals surface area contributed by atoms with Crippen LogP contribution in [-0.4, -0.2) is 36.9 Å². The molecule has 0 aliphatic heterocycles. The lowest BCUT2D eigenvalue weighted by Crippen LogP contribution is -2.30. The molecule has 1 atom stereocenters. The summed E-state index contributed by atoms with van der Waals surface area (Å²) in [6.45, 7) is 1.61. The third-order valence-electron chi connectivity index (χ3n) is 3.35. The van der Waals surface area contributed by atoms with Crippen LogP contribution >= 0.6 is 23.2 Å². The van der Waals surface area contributed by atoms with E-state index in [0.717, 1.165) is 0 Å². The summed E-state index contributed by atoms with van der Waals surface area (Å²) >= 11 is 11.9. The molecule has 0 bridgehead atoms. The van der Waals surface area contributed by atoms with Crippen molar-refractivity contribution in [2.24, 2.45) is 0 Å². The maximum atomic E-state index is 12.3. The zero-order valence-corrected chi connectivity index (χ0v) is 15.6. The van der Waals surface area contributed by atoms with Crippen LogP contribution in [0.2, 0.25) is 10.0 Å². The molecule has 0 aliphatic rings. The Labute approximate surface area is 156 Å². The first-order valence-electron chi connectivity index (χ1n) is 7.52. The Morgan fingerprint density at radius 2 is 1.84 bits per heavy atom. The van der Waals surface area contributed by atoms with Gasteiger partial charge < -0.3 is 15.0 Å². The number of hydrogen-bond donors (Lipinski definition) is 1. The molecule has 2 aromatic carbocycles. The summed E-state index contributed by atoms with van der Waals surface area (Å²) in [6.07, 6.45) is -0.785. The highest BCUT2D eigenvalue weighted by molar-refractivity contribution is 6.35. The average Bonchev–Trinajstić information content (AvgIpc) is 2.56. The SMILES string of the molecule is CC(Oc1ccc(Cl)cc1Cl)C(=O)Nc1cccc(C(=O)N(C)C)c1. The monoisotopic (exact) mass is 380 g/mol. The number of nitrogens with zero attached hydrogens (tertiary/aromatic N) is 1. The molecule has 0 aliphatic carbocycles. The van der Waals surface area contributed by atoms with E-state index in [9.17, 15) is 9.59 Å². The van der Waals surface area contributed by atoms with Crippen LogP contribution in [0.5, 0.6) is 5.75 Å². The minimum absolute atomic E-state index is 0.145. The van der Waals surface area contributed by atoms with Crippen LogP contribution < -0.4 is 10.1 Å². The summed E-state index contributed by atoms with van der Waals surface area (Å²) in [5, 5.41) is 3.53. The van der Waals surface area contributed by atoms with Gasteiger partial charge in [-0.1, -0.05) is 29.3 Å². The summed E-state index contributed by atoms with van der Waals surface area (Å²) in [4.78, 5) is 25.8. The van der Waals surface area contributed by atoms with E-state index >= 15 is 0 Å². The van der Waals surface area contributed by atoms with Crippen molar-refractivity contribution in [2.75, 3.05) is 19.4 Å². The smallest absolute Gasteiger partial charge is 0.265 e. The molecule has 0 saturated carbocycles. The summed E-state index contributed by atoms with van der Waals surface area (Å²) in [5.74, 6) is -0.140. The maximum Gasteiger partial charge on any atom is 0.265 e. The van der Waals surface area contributed by atoms with Crippen LogP contribution in [-0.2, 0) is 4.79 Å². The van der Waals surface area contributed by atoms with Crippen molar-refractivity contribution in [3.05, 3.63) is 58.1 Å². The van der Waals surface area contributed by atoms with Gasteiger partial charge in [-0.25, -0.2) is 0 Å². The second-order valence-electron chi connectivity index (χ2n) is 5.60. The topological polar surface area (TPSA) is 58.6 Å². The summed E-state index contributed by atoms with van der Waals surface area (Å²) in [5.41, 5.74) is 0.993. The molecule has 0 spiro atoms. The third-order valence-corrected chi connectivity index (χ3v) is 3.88. The van der Waals surface area contributed by atoms with Crippen LogP contribution in [0.15, 0.2) is 42.5 Å². The Morgan fingerprint density at radius 3 is 2.48 bits per heavy atom. The Hall–Kier alpha value is -2.24. The molecule has 2 rings (SSSR count). The molecule has 0 radical (unpaired) electrons. The lowest BCUT2D eigenvalue weighted by molar-refractivity contribution is -0.122. The fourth-order valence-corrected chi connectivity index (χ4v) is 2.50. The van der Waals surface area contributed by atoms with E-state index in [2.05, 4.69) is 5.32 Å². The van der Waals surface area contributed by atoms with E-state index < -0.39 is 6.10 Å². The highest BCUT2D eigenvalue weighted by Crippen LogP contribution is 2.28. The zero-order chi connectivity index (χ0) is 18.6. The van der Waals surface area contributed by atoms with E-state index in [0.29, 0.717) is 27.0 Å². The quantitative estimate of drug-likeness (QED) is 0.849. The van der Waals surface area contributed by atoms with Crippen molar-refractivity contribution in [3.8, 4) is 5.75 Å². The lowest BCUT2D eigenvalue weighted by Gasteiger charge is -2.16.